The van der Waals surface area contributed by atoms with Crippen LogP contribution in [0.25, 0.3) is 22.1 Å². The first-order valence-electron chi connectivity index (χ1n) is 9.52. The molecule has 0 unspecified atom stereocenters. The van der Waals surface area contributed by atoms with Crippen molar-refractivity contribution < 1.29 is 19.1 Å². The van der Waals surface area contributed by atoms with Gasteiger partial charge in [-0.3, -0.25) is 0 Å². The van der Waals surface area contributed by atoms with E-state index in [1.165, 1.54) is 0 Å². The van der Waals surface area contributed by atoms with Crippen LogP contribution in [0.2, 0.25) is 0 Å². The van der Waals surface area contributed by atoms with Crippen molar-refractivity contribution in [2.75, 3.05) is 13.2 Å². The van der Waals surface area contributed by atoms with Gasteiger partial charge >= 0.3 is 11.9 Å². The van der Waals surface area contributed by atoms with E-state index in [0.717, 1.165) is 34.2 Å². The highest BCUT2D eigenvalue weighted by atomic mass is 16.5. The normalized spacial score (nSPS) is 11.3. The van der Waals surface area contributed by atoms with Crippen molar-refractivity contribution in [3.05, 3.63) is 73.3 Å². The molecular formula is C22H20N4O4. The van der Waals surface area contributed by atoms with Crippen molar-refractivity contribution in [1.82, 2.24) is 19.1 Å². The van der Waals surface area contributed by atoms with E-state index >= 15 is 0 Å². The lowest BCUT2D eigenvalue weighted by molar-refractivity contribution is -0.140. The van der Waals surface area contributed by atoms with Gasteiger partial charge in [-0.05, 0) is 24.3 Å². The lowest BCUT2D eigenvalue weighted by Crippen LogP contribution is -2.11. The number of aromatic nitrogens is 4. The third-order valence-corrected chi connectivity index (χ3v) is 4.56. The second-order valence-corrected chi connectivity index (χ2v) is 6.52. The molecule has 0 radical (unpaired) electrons. The Kier molecular flexibility index (Phi) is 5.84. The first-order valence-corrected chi connectivity index (χ1v) is 9.52. The van der Waals surface area contributed by atoms with Crippen LogP contribution in [0.5, 0.6) is 0 Å². The highest BCUT2D eigenvalue weighted by molar-refractivity contribution is 5.91. The van der Waals surface area contributed by atoms with Gasteiger partial charge in [-0.25, -0.2) is 19.6 Å². The standard InChI is InChI=1S/C22H20N4O4/c27-21(29-13-11-25-15-23-17-5-1-3-7-19(17)25)9-10-22(28)30-14-12-26-16-24-18-6-2-4-8-20(18)26/h1-10,15-16H,11-14H2/b10-9+. The van der Waals surface area contributed by atoms with Gasteiger partial charge < -0.3 is 18.6 Å². The lowest BCUT2D eigenvalue weighted by Gasteiger charge is -2.05. The van der Waals surface area contributed by atoms with E-state index in [0.29, 0.717) is 13.1 Å². The smallest absolute Gasteiger partial charge is 0.331 e. The second-order valence-electron chi connectivity index (χ2n) is 6.52. The molecule has 0 amide bonds. The van der Waals surface area contributed by atoms with E-state index in [1.807, 2.05) is 57.7 Å². The van der Waals surface area contributed by atoms with E-state index in [2.05, 4.69) is 9.97 Å². The molecule has 0 atom stereocenters. The van der Waals surface area contributed by atoms with E-state index in [-0.39, 0.29) is 13.2 Å². The van der Waals surface area contributed by atoms with E-state index < -0.39 is 11.9 Å². The number of rotatable bonds is 8. The van der Waals surface area contributed by atoms with Gasteiger partial charge in [0, 0.05) is 12.2 Å². The van der Waals surface area contributed by atoms with Gasteiger partial charge in [0.05, 0.1) is 47.8 Å². The Morgan fingerprint density at radius 3 is 1.63 bits per heavy atom. The van der Waals surface area contributed by atoms with Gasteiger partial charge in [0.1, 0.15) is 13.2 Å². The van der Waals surface area contributed by atoms with Crippen molar-refractivity contribution in [2.45, 2.75) is 13.1 Å². The van der Waals surface area contributed by atoms with Crippen LogP contribution in [-0.2, 0) is 32.2 Å². The summed E-state index contributed by atoms with van der Waals surface area (Å²) < 4.78 is 14.1. The number of benzene rings is 2. The third kappa shape index (κ3) is 4.54. The molecule has 4 rings (SSSR count). The van der Waals surface area contributed by atoms with Crippen molar-refractivity contribution in [2.24, 2.45) is 0 Å². The Bertz CT molecular complexity index is 1110. The molecule has 0 fully saturated rings. The van der Waals surface area contributed by atoms with Crippen LogP contribution in [0.1, 0.15) is 0 Å². The molecule has 30 heavy (non-hydrogen) atoms. The molecule has 8 nitrogen and oxygen atoms in total. The summed E-state index contributed by atoms with van der Waals surface area (Å²) in [5.41, 5.74) is 3.71. The fraction of sp³-hybridized carbons (Fsp3) is 0.182. The number of fused-ring (bicyclic) bond motifs is 2. The van der Waals surface area contributed by atoms with Crippen molar-refractivity contribution >= 4 is 34.0 Å². The molecule has 4 aromatic rings. The zero-order chi connectivity index (χ0) is 20.8. The maximum Gasteiger partial charge on any atom is 0.331 e. The molecule has 0 saturated carbocycles. The first kappa shape index (κ1) is 19.4. The quantitative estimate of drug-likeness (QED) is 0.331. The molecule has 0 aliphatic heterocycles. The van der Waals surface area contributed by atoms with Crippen LogP contribution in [0.15, 0.2) is 73.3 Å². The first-order chi connectivity index (χ1) is 14.7. The fourth-order valence-electron chi connectivity index (χ4n) is 3.10. The molecule has 0 aliphatic rings. The Hall–Kier alpha value is -3.94. The summed E-state index contributed by atoms with van der Waals surface area (Å²) in [7, 11) is 0. The molecular weight excluding hydrogens is 384 g/mol. The number of ether oxygens (including phenoxy) is 2. The summed E-state index contributed by atoms with van der Waals surface area (Å²) in [5, 5.41) is 0. The number of hydrogen-bond donors (Lipinski definition) is 0. The summed E-state index contributed by atoms with van der Waals surface area (Å²) >= 11 is 0. The summed E-state index contributed by atoms with van der Waals surface area (Å²) in [6.45, 7) is 1.30. The molecule has 152 valence electrons. The minimum Gasteiger partial charge on any atom is -0.461 e. The Balaban J connectivity index is 1.18. The zero-order valence-corrected chi connectivity index (χ0v) is 16.2. The highest BCUT2D eigenvalue weighted by Crippen LogP contribution is 2.12. The predicted octanol–water partition coefficient (Wildman–Crippen LogP) is 2.73. The number of carbonyl (C=O) groups is 2. The number of esters is 2. The Labute approximate surface area is 172 Å². The van der Waals surface area contributed by atoms with Crippen LogP contribution in [0, 0.1) is 0 Å². The topological polar surface area (TPSA) is 88.2 Å². The maximum absolute atomic E-state index is 11.8. The number of hydrogen-bond acceptors (Lipinski definition) is 6. The Morgan fingerprint density at radius 2 is 1.17 bits per heavy atom. The second kappa shape index (κ2) is 9.04. The molecule has 0 saturated heterocycles. The molecule has 2 aromatic carbocycles. The van der Waals surface area contributed by atoms with Crippen LogP contribution in [0.3, 0.4) is 0 Å². The van der Waals surface area contributed by atoms with E-state index in [9.17, 15) is 9.59 Å². The lowest BCUT2D eigenvalue weighted by atomic mass is 10.3. The van der Waals surface area contributed by atoms with Crippen LogP contribution in [0.4, 0.5) is 0 Å². The van der Waals surface area contributed by atoms with Crippen LogP contribution < -0.4 is 0 Å². The molecule has 8 heteroatoms. The molecule has 0 aliphatic carbocycles. The van der Waals surface area contributed by atoms with Crippen molar-refractivity contribution in [3.63, 3.8) is 0 Å². The monoisotopic (exact) mass is 404 g/mol. The molecule has 0 N–H and O–H groups in total. The average Bonchev–Trinajstić information content (AvgIpc) is 3.37. The minimum absolute atomic E-state index is 0.173. The van der Waals surface area contributed by atoms with Crippen molar-refractivity contribution in [3.8, 4) is 0 Å². The highest BCUT2D eigenvalue weighted by Gasteiger charge is 2.05. The van der Waals surface area contributed by atoms with Gasteiger partial charge in [0.15, 0.2) is 0 Å². The molecule has 2 aromatic heterocycles. The van der Waals surface area contributed by atoms with E-state index in [1.54, 1.807) is 12.7 Å². The van der Waals surface area contributed by atoms with Gasteiger partial charge in [-0.15, -0.1) is 0 Å². The molecule has 2 heterocycles. The maximum atomic E-state index is 11.8. The van der Waals surface area contributed by atoms with Crippen LogP contribution in [-0.4, -0.2) is 44.3 Å². The third-order valence-electron chi connectivity index (χ3n) is 4.56. The number of carbonyl (C=O) groups excluding carboxylic acids is 2. The number of para-hydroxylation sites is 4. The van der Waals surface area contributed by atoms with Gasteiger partial charge in [-0.1, -0.05) is 24.3 Å². The van der Waals surface area contributed by atoms with Gasteiger partial charge in [0.2, 0.25) is 0 Å². The predicted molar refractivity (Wildman–Crippen MR) is 111 cm³/mol. The fourth-order valence-corrected chi connectivity index (χ4v) is 3.10. The Morgan fingerprint density at radius 1 is 0.733 bits per heavy atom. The molecule has 0 bridgehead atoms. The number of imidazole rings is 2. The average molecular weight is 404 g/mol. The molecule has 0 spiro atoms. The summed E-state index contributed by atoms with van der Waals surface area (Å²) in [6.07, 6.45) is 5.55. The van der Waals surface area contributed by atoms with Crippen molar-refractivity contribution in [1.29, 1.82) is 0 Å². The summed E-state index contributed by atoms with van der Waals surface area (Å²) in [6, 6.07) is 15.4. The minimum atomic E-state index is -0.600. The van der Waals surface area contributed by atoms with Crippen LogP contribution >= 0.6 is 0 Å². The summed E-state index contributed by atoms with van der Waals surface area (Å²) in [4.78, 5) is 32.1. The van der Waals surface area contributed by atoms with E-state index in [4.69, 9.17) is 9.47 Å². The van der Waals surface area contributed by atoms with Gasteiger partial charge in [0.25, 0.3) is 0 Å². The summed E-state index contributed by atoms with van der Waals surface area (Å²) in [5.74, 6) is -1.20. The van der Waals surface area contributed by atoms with Gasteiger partial charge in [-0.2, -0.15) is 0 Å². The number of nitrogens with zero attached hydrogens (tertiary/aromatic N) is 4. The SMILES string of the molecule is O=C(/C=C/C(=O)OCCn1cnc2ccccc21)OCCn1cnc2ccccc21. The largest absolute Gasteiger partial charge is 0.461 e. The zero-order valence-electron chi connectivity index (χ0n) is 16.2.